The number of hydrogen-bond donors (Lipinski definition) is 1. The maximum absolute atomic E-state index is 12.3. The molecule has 1 aromatic carbocycles. The second-order valence-corrected chi connectivity index (χ2v) is 5.33. The summed E-state index contributed by atoms with van der Waals surface area (Å²) in [4.78, 5) is 16.5. The second kappa shape index (κ2) is 5.63. The van der Waals surface area contributed by atoms with Crippen LogP contribution in [-0.2, 0) is 0 Å². The van der Waals surface area contributed by atoms with E-state index in [4.69, 9.17) is 11.6 Å². The minimum Gasteiger partial charge on any atom is -0.348 e. The lowest BCUT2D eigenvalue weighted by Gasteiger charge is -2.19. The third-order valence-corrected chi connectivity index (χ3v) is 3.82. The molecule has 1 aromatic heterocycles. The van der Waals surface area contributed by atoms with Crippen LogP contribution < -0.4 is 5.32 Å². The molecule has 0 radical (unpaired) electrons. The molecule has 1 amide bonds. The topological polar surface area (TPSA) is 42.0 Å². The van der Waals surface area contributed by atoms with Crippen LogP contribution >= 0.6 is 11.6 Å². The number of carbonyl (C=O) groups is 1. The fourth-order valence-corrected chi connectivity index (χ4v) is 2.72. The summed E-state index contributed by atoms with van der Waals surface area (Å²) in [5.74, 6) is -0.155. The highest BCUT2D eigenvalue weighted by atomic mass is 35.5. The normalized spacial score (nSPS) is 18.1. The molecule has 2 aromatic rings. The number of benzene rings is 1. The Balaban J connectivity index is 1.86. The molecule has 0 saturated heterocycles. The molecule has 3 rings (SSSR count). The zero-order chi connectivity index (χ0) is 13.9. The van der Waals surface area contributed by atoms with Crippen LogP contribution in [0.1, 0.15) is 29.8 Å². The smallest absolute Gasteiger partial charge is 0.270 e. The predicted octanol–water partition coefficient (Wildman–Crippen LogP) is 3.73. The Bertz CT molecular complexity index is 681. The maximum Gasteiger partial charge on any atom is 0.270 e. The fraction of sp³-hybridized carbons (Fsp3) is 0.250. The summed E-state index contributed by atoms with van der Waals surface area (Å²) in [5.41, 5.74) is 0.378. The van der Waals surface area contributed by atoms with Crippen LogP contribution in [0.4, 0.5) is 0 Å². The molecule has 1 unspecified atom stereocenters. The molecular weight excluding hydrogens is 272 g/mol. The van der Waals surface area contributed by atoms with Crippen LogP contribution in [0.2, 0.25) is 5.15 Å². The van der Waals surface area contributed by atoms with Gasteiger partial charge >= 0.3 is 0 Å². The molecule has 1 aliphatic carbocycles. The van der Waals surface area contributed by atoms with Crippen molar-refractivity contribution < 1.29 is 4.79 Å². The first-order chi connectivity index (χ1) is 9.74. The van der Waals surface area contributed by atoms with Gasteiger partial charge in [0.05, 0.1) is 0 Å². The van der Waals surface area contributed by atoms with Crippen molar-refractivity contribution in [2.45, 2.75) is 25.3 Å². The van der Waals surface area contributed by atoms with E-state index in [-0.39, 0.29) is 11.9 Å². The van der Waals surface area contributed by atoms with Crippen molar-refractivity contribution in [2.75, 3.05) is 0 Å². The largest absolute Gasteiger partial charge is 0.348 e. The molecule has 20 heavy (non-hydrogen) atoms. The Morgan fingerprint density at radius 2 is 2.15 bits per heavy atom. The van der Waals surface area contributed by atoms with Gasteiger partial charge in [0, 0.05) is 11.4 Å². The van der Waals surface area contributed by atoms with Crippen molar-refractivity contribution >= 4 is 28.3 Å². The molecule has 1 atom stereocenters. The van der Waals surface area contributed by atoms with E-state index in [2.05, 4.69) is 22.5 Å². The highest BCUT2D eigenvalue weighted by Gasteiger charge is 2.16. The zero-order valence-electron chi connectivity index (χ0n) is 11.0. The van der Waals surface area contributed by atoms with E-state index in [1.807, 2.05) is 24.3 Å². The molecule has 0 aliphatic heterocycles. The molecule has 3 nitrogen and oxygen atoms in total. The van der Waals surface area contributed by atoms with Crippen molar-refractivity contribution in [3.8, 4) is 0 Å². The summed E-state index contributed by atoms with van der Waals surface area (Å²) in [6.07, 6.45) is 7.12. The van der Waals surface area contributed by atoms with Crippen LogP contribution in [0.15, 0.2) is 42.5 Å². The minimum atomic E-state index is -0.155. The fourth-order valence-electron chi connectivity index (χ4n) is 2.46. The maximum atomic E-state index is 12.3. The molecule has 0 spiro atoms. The van der Waals surface area contributed by atoms with E-state index in [9.17, 15) is 4.79 Å². The molecular formula is C16H15ClN2O. The average Bonchev–Trinajstić information content (AvgIpc) is 2.48. The number of nitrogens with zero attached hydrogens (tertiary/aromatic N) is 1. The number of nitrogens with one attached hydrogen (secondary N) is 1. The van der Waals surface area contributed by atoms with Crippen molar-refractivity contribution in [1.29, 1.82) is 0 Å². The quantitative estimate of drug-likeness (QED) is 0.675. The number of hydrogen-bond acceptors (Lipinski definition) is 2. The van der Waals surface area contributed by atoms with E-state index >= 15 is 0 Å². The van der Waals surface area contributed by atoms with Crippen LogP contribution in [-0.4, -0.2) is 16.9 Å². The van der Waals surface area contributed by atoms with E-state index in [1.165, 1.54) is 0 Å². The Hall–Kier alpha value is -1.87. The van der Waals surface area contributed by atoms with Gasteiger partial charge in [-0.15, -0.1) is 0 Å². The number of amides is 1. The SMILES string of the molecule is O=C(NC1CC=CCC1)c1cc2ccccc2c(Cl)n1. The van der Waals surface area contributed by atoms with E-state index < -0.39 is 0 Å². The minimum absolute atomic E-state index is 0.155. The molecule has 4 heteroatoms. The molecule has 1 heterocycles. The molecule has 0 bridgehead atoms. The number of pyridine rings is 1. The van der Waals surface area contributed by atoms with E-state index in [0.717, 1.165) is 30.0 Å². The molecule has 1 aliphatic rings. The van der Waals surface area contributed by atoms with Crippen LogP contribution in [0, 0.1) is 0 Å². The summed E-state index contributed by atoms with van der Waals surface area (Å²) in [7, 11) is 0. The van der Waals surface area contributed by atoms with Crippen LogP contribution in [0.3, 0.4) is 0 Å². The van der Waals surface area contributed by atoms with Crippen molar-refractivity contribution in [3.63, 3.8) is 0 Å². The number of carbonyl (C=O) groups excluding carboxylic acids is 1. The van der Waals surface area contributed by atoms with E-state index in [0.29, 0.717) is 10.8 Å². The lowest BCUT2D eigenvalue weighted by molar-refractivity contribution is 0.0930. The second-order valence-electron chi connectivity index (χ2n) is 4.97. The number of halogens is 1. The van der Waals surface area contributed by atoms with Crippen LogP contribution in [0.25, 0.3) is 10.8 Å². The number of aromatic nitrogens is 1. The summed E-state index contributed by atoms with van der Waals surface area (Å²) < 4.78 is 0. The predicted molar refractivity (Wildman–Crippen MR) is 81.0 cm³/mol. The third-order valence-electron chi connectivity index (χ3n) is 3.53. The van der Waals surface area contributed by atoms with Gasteiger partial charge in [-0.1, -0.05) is 48.0 Å². The Morgan fingerprint density at radius 1 is 1.30 bits per heavy atom. The molecule has 102 valence electrons. The average molecular weight is 287 g/mol. The van der Waals surface area contributed by atoms with Crippen molar-refractivity contribution in [3.05, 3.63) is 53.3 Å². The number of rotatable bonds is 2. The van der Waals surface area contributed by atoms with Gasteiger partial charge in [-0.2, -0.15) is 0 Å². The number of allylic oxidation sites excluding steroid dienone is 1. The Labute approximate surface area is 122 Å². The van der Waals surface area contributed by atoms with Gasteiger partial charge in [0.2, 0.25) is 0 Å². The number of fused-ring (bicyclic) bond motifs is 1. The van der Waals surface area contributed by atoms with Gasteiger partial charge in [-0.3, -0.25) is 4.79 Å². The highest BCUT2D eigenvalue weighted by Crippen LogP contribution is 2.22. The van der Waals surface area contributed by atoms with Gasteiger partial charge in [0.1, 0.15) is 10.8 Å². The molecule has 0 saturated carbocycles. The molecule has 0 fully saturated rings. The van der Waals surface area contributed by atoms with Crippen molar-refractivity contribution in [1.82, 2.24) is 10.3 Å². The first-order valence-corrected chi connectivity index (χ1v) is 7.13. The first-order valence-electron chi connectivity index (χ1n) is 6.75. The lowest BCUT2D eigenvalue weighted by atomic mass is 10.0. The first kappa shape index (κ1) is 13.1. The lowest BCUT2D eigenvalue weighted by Crippen LogP contribution is -2.35. The Kier molecular flexibility index (Phi) is 3.70. The van der Waals surface area contributed by atoms with Gasteiger partial charge in [-0.05, 0) is 30.7 Å². The Morgan fingerprint density at radius 3 is 2.95 bits per heavy atom. The third kappa shape index (κ3) is 2.68. The van der Waals surface area contributed by atoms with Gasteiger partial charge in [-0.25, -0.2) is 4.98 Å². The molecule has 1 N–H and O–H groups in total. The monoisotopic (exact) mass is 286 g/mol. The van der Waals surface area contributed by atoms with Crippen molar-refractivity contribution in [2.24, 2.45) is 0 Å². The summed E-state index contributed by atoms with van der Waals surface area (Å²) in [6, 6.07) is 9.65. The van der Waals surface area contributed by atoms with Gasteiger partial charge in [0.25, 0.3) is 5.91 Å². The highest BCUT2D eigenvalue weighted by molar-refractivity contribution is 6.34. The van der Waals surface area contributed by atoms with Gasteiger partial charge in [0.15, 0.2) is 0 Å². The summed E-state index contributed by atoms with van der Waals surface area (Å²) in [5, 5.41) is 5.19. The zero-order valence-corrected chi connectivity index (χ0v) is 11.7. The van der Waals surface area contributed by atoms with Gasteiger partial charge < -0.3 is 5.32 Å². The van der Waals surface area contributed by atoms with E-state index in [1.54, 1.807) is 6.07 Å². The summed E-state index contributed by atoms with van der Waals surface area (Å²) in [6.45, 7) is 0. The van der Waals surface area contributed by atoms with Crippen LogP contribution in [0.5, 0.6) is 0 Å². The summed E-state index contributed by atoms with van der Waals surface area (Å²) >= 11 is 6.15. The standard InChI is InChI=1S/C16H15ClN2O/c17-15-13-9-5-4-6-11(13)10-14(19-15)16(20)18-12-7-2-1-3-8-12/h1-2,4-6,9-10,12H,3,7-8H2,(H,18,20).